The zero-order chi connectivity index (χ0) is 22.7. The molecule has 1 unspecified atom stereocenters. The number of aromatic nitrogens is 2. The number of aliphatic hydroxyl groups excluding tert-OH is 1. The second-order valence-corrected chi connectivity index (χ2v) is 8.16. The summed E-state index contributed by atoms with van der Waals surface area (Å²) in [5, 5.41) is 13.1. The lowest BCUT2D eigenvalue weighted by Crippen LogP contribution is -2.42. The number of carbonyl (C=O) groups is 1. The van der Waals surface area contributed by atoms with Gasteiger partial charge in [-0.3, -0.25) is 9.36 Å². The number of piperidine rings is 1. The second-order valence-electron chi connectivity index (χ2n) is 8.16. The van der Waals surface area contributed by atoms with Gasteiger partial charge < -0.3 is 25.0 Å². The first kappa shape index (κ1) is 24.8. The number of fused-ring (bicyclic) bond motifs is 1. The molecule has 8 nitrogen and oxygen atoms in total. The number of aliphatic hydroxyl groups is 1. The Labute approximate surface area is 196 Å². The highest BCUT2D eigenvalue weighted by molar-refractivity contribution is 5.88. The maximum atomic E-state index is 13.4. The largest absolute Gasteiger partial charge is 0.491 e. The molecular formula is C23H28ClFN4O4. The summed E-state index contributed by atoms with van der Waals surface area (Å²) in [7, 11) is 0. The molecule has 33 heavy (non-hydrogen) atoms. The van der Waals surface area contributed by atoms with Gasteiger partial charge >= 0.3 is 5.69 Å². The fraction of sp³-hybridized carbons (Fsp3) is 0.391. The van der Waals surface area contributed by atoms with Crippen molar-refractivity contribution in [3.05, 3.63) is 58.8 Å². The van der Waals surface area contributed by atoms with Crippen LogP contribution in [0, 0.1) is 5.82 Å². The Hall–Kier alpha value is -2.88. The number of rotatable bonds is 7. The number of carbonyl (C=O) groups excluding carboxylic acids is 1. The van der Waals surface area contributed by atoms with Crippen molar-refractivity contribution >= 4 is 35.0 Å². The molecule has 0 radical (unpaired) electrons. The van der Waals surface area contributed by atoms with Gasteiger partial charge in [-0.1, -0.05) is 0 Å². The van der Waals surface area contributed by atoms with Crippen molar-refractivity contribution < 1.29 is 19.0 Å². The summed E-state index contributed by atoms with van der Waals surface area (Å²) >= 11 is 0. The van der Waals surface area contributed by atoms with E-state index in [2.05, 4.69) is 15.2 Å². The number of hydrogen-bond acceptors (Lipinski definition) is 5. The van der Waals surface area contributed by atoms with Crippen molar-refractivity contribution in [2.75, 3.05) is 31.6 Å². The monoisotopic (exact) mass is 478 g/mol. The molecule has 3 N–H and O–H groups in total. The zero-order valence-electron chi connectivity index (χ0n) is 18.3. The molecule has 1 saturated heterocycles. The van der Waals surface area contributed by atoms with Crippen molar-refractivity contribution in [3.8, 4) is 5.75 Å². The highest BCUT2D eigenvalue weighted by atomic mass is 35.5. The lowest BCUT2D eigenvalue weighted by Gasteiger charge is -2.33. The molecule has 10 heteroatoms. The van der Waals surface area contributed by atoms with Crippen molar-refractivity contribution in [2.24, 2.45) is 0 Å². The van der Waals surface area contributed by atoms with E-state index in [1.165, 1.54) is 19.1 Å². The van der Waals surface area contributed by atoms with E-state index in [1.54, 1.807) is 34.9 Å². The zero-order valence-corrected chi connectivity index (χ0v) is 19.1. The Bertz CT molecular complexity index is 1140. The minimum absolute atomic E-state index is 0. The third-order valence-corrected chi connectivity index (χ3v) is 5.69. The van der Waals surface area contributed by atoms with Gasteiger partial charge in [-0.15, -0.1) is 12.4 Å². The molecule has 0 spiro atoms. The molecule has 2 heterocycles. The number of ether oxygens (including phenoxy) is 1. The molecule has 178 valence electrons. The number of β-amino-alcohol motifs (C(OH)–C–C–N with tert-alkyl or cyclic N) is 1. The van der Waals surface area contributed by atoms with Crippen LogP contribution in [-0.4, -0.2) is 57.8 Å². The predicted molar refractivity (Wildman–Crippen MR) is 127 cm³/mol. The first-order valence-electron chi connectivity index (χ1n) is 10.7. The Balaban J connectivity index is 0.00000306. The molecule has 3 aromatic rings. The average Bonchev–Trinajstić information content (AvgIpc) is 3.08. The number of amides is 1. The Morgan fingerprint density at radius 3 is 2.61 bits per heavy atom. The van der Waals surface area contributed by atoms with Crippen LogP contribution in [0.15, 0.2) is 47.3 Å². The Kier molecular flexibility index (Phi) is 8.12. The van der Waals surface area contributed by atoms with Gasteiger partial charge in [0.1, 0.15) is 24.3 Å². The summed E-state index contributed by atoms with van der Waals surface area (Å²) in [4.78, 5) is 28.3. The molecule has 0 bridgehead atoms. The Morgan fingerprint density at radius 2 is 1.94 bits per heavy atom. The van der Waals surface area contributed by atoms with E-state index in [9.17, 15) is 19.1 Å². The van der Waals surface area contributed by atoms with Crippen LogP contribution in [-0.2, 0) is 4.79 Å². The minimum atomic E-state index is -0.652. The predicted octanol–water partition coefficient (Wildman–Crippen LogP) is 2.93. The summed E-state index contributed by atoms with van der Waals surface area (Å²) in [5.74, 6) is 0.105. The second kappa shape index (κ2) is 10.8. The third kappa shape index (κ3) is 6.13. The van der Waals surface area contributed by atoms with Crippen molar-refractivity contribution in [2.45, 2.75) is 31.9 Å². The van der Waals surface area contributed by atoms with Crippen LogP contribution in [0.25, 0.3) is 11.0 Å². The van der Waals surface area contributed by atoms with Crippen LogP contribution < -0.4 is 15.7 Å². The van der Waals surface area contributed by atoms with Crippen molar-refractivity contribution in [1.82, 2.24) is 14.5 Å². The number of benzene rings is 2. The highest BCUT2D eigenvalue weighted by Gasteiger charge is 2.25. The van der Waals surface area contributed by atoms with Gasteiger partial charge in [0.05, 0.1) is 11.0 Å². The quantitative estimate of drug-likeness (QED) is 0.485. The fourth-order valence-corrected chi connectivity index (χ4v) is 4.21. The first-order valence-corrected chi connectivity index (χ1v) is 10.7. The van der Waals surface area contributed by atoms with Gasteiger partial charge in [-0.2, -0.15) is 0 Å². The number of nitrogens with zero attached hydrogens (tertiary/aromatic N) is 2. The molecule has 1 amide bonds. The molecule has 1 aliphatic rings. The maximum absolute atomic E-state index is 13.4. The highest BCUT2D eigenvalue weighted by Crippen LogP contribution is 2.25. The third-order valence-electron chi connectivity index (χ3n) is 5.69. The van der Waals surface area contributed by atoms with Crippen LogP contribution in [0.5, 0.6) is 5.75 Å². The lowest BCUT2D eigenvalue weighted by atomic mass is 10.0. The van der Waals surface area contributed by atoms with E-state index in [1.807, 2.05) is 0 Å². The van der Waals surface area contributed by atoms with E-state index >= 15 is 0 Å². The van der Waals surface area contributed by atoms with Crippen LogP contribution >= 0.6 is 12.4 Å². The van der Waals surface area contributed by atoms with Crippen LogP contribution in [0.1, 0.15) is 25.8 Å². The SMILES string of the molecule is CC(=O)Nc1ccc(OCC(O)CN2CCC(n3c(=O)[nH]c4cc(F)ccc43)CC2)cc1.Cl. The molecule has 1 aliphatic heterocycles. The van der Waals surface area contributed by atoms with Gasteiger partial charge in [0.2, 0.25) is 5.91 Å². The minimum Gasteiger partial charge on any atom is -0.491 e. The smallest absolute Gasteiger partial charge is 0.326 e. The van der Waals surface area contributed by atoms with Gasteiger partial charge in [-0.25, -0.2) is 9.18 Å². The average molecular weight is 479 g/mol. The van der Waals surface area contributed by atoms with E-state index in [4.69, 9.17) is 4.74 Å². The number of likely N-dealkylation sites (tertiary alicyclic amines) is 1. The number of hydrogen-bond donors (Lipinski definition) is 3. The fourth-order valence-electron chi connectivity index (χ4n) is 4.21. The van der Waals surface area contributed by atoms with E-state index in [0.29, 0.717) is 29.0 Å². The van der Waals surface area contributed by atoms with Gasteiger partial charge in [0.25, 0.3) is 0 Å². The van der Waals surface area contributed by atoms with Crippen molar-refractivity contribution in [3.63, 3.8) is 0 Å². The van der Waals surface area contributed by atoms with Crippen LogP contribution in [0.2, 0.25) is 0 Å². The number of nitrogens with one attached hydrogen (secondary N) is 2. The summed E-state index contributed by atoms with van der Waals surface area (Å²) < 4.78 is 20.8. The molecule has 2 aromatic carbocycles. The van der Waals surface area contributed by atoms with Crippen LogP contribution in [0.4, 0.5) is 10.1 Å². The summed E-state index contributed by atoms with van der Waals surface area (Å²) in [6.45, 7) is 3.57. The number of imidazole rings is 1. The van der Waals surface area contributed by atoms with E-state index in [0.717, 1.165) is 25.9 Å². The number of H-pyrrole nitrogens is 1. The number of aromatic amines is 1. The lowest BCUT2D eigenvalue weighted by molar-refractivity contribution is -0.114. The summed E-state index contributed by atoms with van der Waals surface area (Å²) in [6, 6.07) is 11.4. The van der Waals surface area contributed by atoms with Crippen molar-refractivity contribution in [1.29, 1.82) is 0 Å². The summed E-state index contributed by atoms with van der Waals surface area (Å²) in [6.07, 6.45) is 0.880. The molecule has 0 saturated carbocycles. The number of anilines is 1. The molecule has 0 aliphatic carbocycles. The molecule has 1 aromatic heterocycles. The van der Waals surface area contributed by atoms with Gasteiger partial charge in [0.15, 0.2) is 0 Å². The van der Waals surface area contributed by atoms with Gasteiger partial charge in [-0.05, 0) is 55.3 Å². The Morgan fingerprint density at radius 1 is 1.24 bits per heavy atom. The van der Waals surface area contributed by atoms with Gasteiger partial charge in [0, 0.05) is 38.3 Å². The topological polar surface area (TPSA) is 99.6 Å². The summed E-state index contributed by atoms with van der Waals surface area (Å²) in [5.41, 5.74) is 1.69. The number of halogens is 2. The van der Waals surface area contributed by atoms with E-state index in [-0.39, 0.29) is 42.5 Å². The van der Waals surface area contributed by atoms with Crippen LogP contribution in [0.3, 0.4) is 0 Å². The standard InChI is InChI=1S/C23H27FN4O4.ClH/c1-15(29)25-17-3-5-20(6-4-17)32-14-19(30)13-27-10-8-18(9-11-27)28-22-7-2-16(24)12-21(22)26-23(28)31;/h2-7,12,18-19,30H,8-11,13-14H2,1H3,(H,25,29)(H,26,31);1H. The normalized spacial score (nSPS) is 15.7. The molecule has 1 atom stereocenters. The molecule has 1 fully saturated rings. The maximum Gasteiger partial charge on any atom is 0.326 e. The first-order chi connectivity index (χ1) is 15.4. The van der Waals surface area contributed by atoms with E-state index < -0.39 is 6.10 Å². The molecular weight excluding hydrogens is 451 g/mol. The molecule has 4 rings (SSSR count).